The van der Waals surface area contributed by atoms with Crippen molar-refractivity contribution in [3.63, 3.8) is 0 Å². The molecule has 0 radical (unpaired) electrons. The number of nitrogens with one attached hydrogen (secondary N) is 1. The average Bonchev–Trinajstić information content (AvgIpc) is 2.36. The molecule has 0 atom stereocenters. The van der Waals surface area contributed by atoms with Gasteiger partial charge < -0.3 is 10.5 Å². The van der Waals surface area contributed by atoms with Gasteiger partial charge in [-0.15, -0.1) is 0 Å². The molecule has 2 rings (SSSR count). The van der Waals surface area contributed by atoms with Crippen LogP contribution >= 0.6 is 0 Å². The van der Waals surface area contributed by atoms with E-state index in [2.05, 4.69) is 16.9 Å². The van der Waals surface area contributed by atoms with Gasteiger partial charge in [0.15, 0.2) is 0 Å². The van der Waals surface area contributed by atoms with Crippen LogP contribution in [-0.2, 0) is 6.42 Å². The van der Waals surface area contributed by atoms with Crippen LogP contribution in [0.25, 0.3) is 11.3 Å². The van der Waals surface area contributed by atoms with Gasteiger partial charge in [0, 0.05) is 11.6 Å². The second-order valence-corrected chi connectivity index (χ2v) is 3.90. The Bertz CT molecular complexity index is 620. The Morgan fingerprint density at radius 1 is 1.39 bits per heavy atom. The summed E-state index contributed by atoms with van der Waals surface area (Å²) in [5.41, 5.74) is 7.71. The summed E-state index contributed by atoms with van der Waals surface area (Å²) in [6.07, 6.45) is 0.898. The topological polar surface area (TPSA) is 81.0 Å². The minimum atomic E-state index is -0.276. The maximum absolute atomic E-state index is 11.4. The fourth-order valence-corrected chi connectivity index (χ4v) is 1.79. The van der Waals surface area contributed by atoms with Gasteiger partial charge in [0.1, 0.15) is 5.75 Å². The van der Waals surface area contributed by atoms with E-state index in [-0.39, 0.29) is 11.5 Å². The molecule has 5 heteroatoms. The first-order valence-electron chi connectivity index (χ1n) is 5.68. The normalized spacial score (nSPS) is 10.3. The first-order chi connectivity index (χ1) is 8.63. The van der Waals surface area contributed by atoms with E-state index in [0.717, 1.165) is 17.5 Å². The fourth-order valence-electron chi connectivity index (χ4n) is 1.79. The van der Waals surface area contributed by atoms with Gasteiger partial charge in [0.25, 0.3) is 5.56 Å². The van der Waals surface area contributed by atoms with Crippen molar-refractivity contribution >= 4 is 5.95 Å². The van der Waals surface area contributed by atoms with Gasteiger partial charge in [-0.3, -0.25) is 9.78 Å². The Balaban J connectivity index is 2.64. The van der Waals surface area contributed by atoms with Crippen molar-refractivity contribution in [2.45, 2.75) is 13.3 Å². The third-order valence-corrected chi connectivity index (χ3v) is 2.71. The lowest BCUT2D eigenvalue weighted by Gasteiger charge is -2.09. The Morgan fingerprint density at radius 3 is 2.78 bits per heavy atom. The molecule has 94 valence electrons. The van der Waals surface area contributed by atoms with Crippen LogP contribution in [0, 0.1) is 0 Å². The number of H-pyrrole nitrogens is 1. The lowest BCUT2D eigenvalue weighted by Crippen LogP contribution is -2.10. The highest BCUT2D eigenvalue weighted by molar-refractivity contribution is 5.68. The van der Waals surface area contributed by atoms with Crippen LogP contribution in [-0.4, -0.2) is 17.1 Å². The number of hydrogen-bond donors (Lipinski definition) is 2. The van der Waals surface area contributed by atoms with E-state index in [9.17, 15) is 4.79 Å². The molecule has 0 amide bonds. The largest absolute Gasteiger partial charge is 0.496 e. The number of aryl methyl sites for hydroxylation is 1. The summed E-state index contributed by atoms with van der Waals surface area (Å²) in [6, 6.07) is 7.22. The molecule has 5 nitrogen and oxygen atoms in total. The maximum Gasteiger partial charge on any atom is 0.252 e. The molecule has 0 bridgehead atoms. The highest BCUT2D eigenvalue weighted by Gasteiger charge is 2.09. The molecule has 3 N–H and O–H groups in total. The molecule has 1 aromatic carbocycles. The van der Waals surface area contributed by atoms with Gasteiger partial charge >= 0.3 is 0 Å². The van der Waals surface area contributed by atoms with Crippen molar-refractivity contribution in [3.05, 3.63) is 40.2 Å². The standard InChI is InChI=1S/C13H15N3O2/c1-3-8-4-5-11(18-2)9(6-8)10-7-12(17)16-13(14)15-10/h4-7H,3H2,1-2H3,(H3,14,15,16,17). The first kappa shape index (κ1) is 12.2. The van der Waals surface area contributed by atoms with Crippen LogP contribution in [0.15, 0.2) is 29.1 Å². The van der Waals surface area contributed by atoms with E-state index >= 15 is 0 Å². The molecular formula is C13H15N3O2. The number of aromatic nitrogens is 2. The van der Waals surface area contributed by atoms with Gasteiger partial charge in [0.05, 0.1) is 12.8 Å². The molecule has 0 saturated heterocycles. The Morgan fingerprint density at radius 2 is 2.17 bits per heavy atom. The number of anilines is 1. The van der Waals surface area contributed by atoms with Gasteiger partial charge in [-0.05, 0) is 24.1 Å². The highest BCUT2D eigenvalue weighted by Crippen LogP contribution is 2.29. The van der Waals surface area contributed by atoms with Gasteiger partial charge in [0.2, 0.25) is 5.95 Å². The second kappa shape index (κ2) is 4.91. The highest BCUT2D eigenvalue weighted by atomic mass is 16.5. The van der Waals surface area contributed by atoms with E-state index in [1.807, 2.05) is 18.2 Å². The third kappa shape index (κ3) is 2.34. The number of nitrogen functional groups attached to an aromatic ring is 1. The zero-order chi connectivity index (χ0) is 13.1. The number of ether oxygens (including phenoxy) is 1. The molecular weight excluding hydrogens is 230 g/mol. The van der Waals surface area contributed by atoms with Gasteiger partial charge in [-0.2, -0.15) is 0 Å². The quantitative estimate of drug-likeness (QED) is 0.860. The van der Waals surface area contributed by atoms with E-state index in [1.54, 1.807) is 7.11 Å². The molecule has 1 heterocycles. The number of nitrogens with zero attached hydrogens (tertiary/aromatic N) is 1. The summed E-state index contributed by atoms with van der Waals surface area (Å²) in [5.74, 6) is 0.770. The number of methoxy groups -OCH3 is 1. The van der Waals surface area contributed by atoms with Crippen LogP contribution in [0.4, 0.5) is 5.95 Å². The van der Waals surface area contributed by atoms with Crippen molar-refractivity contribution in [1.29, 1.82) is 0 Å². The minimum absolute atomic E-state index is 0.0986. The monoisotopic (exact) mass is 245 g/mol. The smallest absolute Gasteiger partial charge is 0.252 e. The van der Waals surface area contributed by atoms with Gasteiger partial charge in [-0.25, -0.2) is 4.98 Å². The molecule has 0 fully saturated rings. The average molecular weight is 245 g/mol. The summed E-state index contributed by atoms with van der Waals surface area (Å²) >= 11 is 0. The van der Waals surface area contributed by atoms with E-state index in [4.69, 9.17) is 10.5 Å². The van der Waals surface area contributed by atoms with Crippen molar-refractivity contribution in [2.75, 3.05) is 12.8 Å². The van der Waals surface area contributed by atoms with Crippen molar-refractivity contribution in [3.8, 4) is 17.0 Å². The minimum Gasteiger partial charge on any atom is -0.496 e. The van der Waals surface area contributed by atoms with E-state index in [0.29, 0.717) is 11.4 Å². The SMILES string of the molecule is CCc1ccc(OC)c(-c2cc(=O)[nH]c(N)n2)c1. The molecule has 0 aliphatic heterocycles. The summed E-state index contributed by atoms with van der Waals surface area (Å²) in [4.78, 5) is 18.0. The van der Waals surface area contributed by atoms with Crippen LogP contribution in [0.3, 0.4) is 0 Å². The number of nitrogens with two attached hydrogens (primary N) is 1. The number of hydrogen-bond acceptors (Lipinski definition) is 4. The van der Waals surface area contributed by atoms with Crippen LogP contribution in [0.5, 0.6) is 5.75 Å². The molecule has 2 aromatic rings. The predicted molar refractivity (Wildman–Crippen MR) is 70.6 cm³/mol. The number of rotatable bonds is 3. The zero-order valence-electron chi connectivity index (χ0n) is 10.4. The first-order valence-corrected chi connectivity index (χ1v) is 5.68. The molecule has 0 saturated carbocycles. The molecule has 18 heavy (non-hydrogen) atoms. The van der Waals surface area contributed by atoms with E-state index in [1.165, 1.54) is 6.07 Å². The van der Waals surface area contributed by atoms with Crippen LogP contribution in [0.2, 0.25) is 0 Å². The summed E-state index contributed by atoms with van der Waals surface area (Å²) < 4.78 is 5.29. The molecule has 0 aliphatic rings. The molecule has 1 aromatic heterocycles. The van der Waals surface area contributed by atoms with Crippen LogP contribution in [0.1, 0.15) is 12.5 Å². The molecule has 0 spiro atoms. The lowest BCUT2D eigenvalue weighted by molar-refractivity contribution is 0.416. The third-order valence-electron chi connectivity index (χ3n) is 2.71. The number of benzene rings is 1. The van der Waals surface area contributed by atoms with Crippen molar-refractivity contribution in [1.82, 2.24) is 9.97 Å². The second-order valence-electron chi connectivity index (χ2n) is 3.90. The fraction of sp³-hybridized carbons (Fsp3) is 0.231. The van der Waals surface area contributed by atoms with Crippen molar-refractivity contribution < 1.29 is 4.74 Å². The van der Waals surface area contributed by atoms with Gasteiger partial charge in [-0.1, -0.05) is 13.0 Å². The zero-order valence-corrected chi connectivity index (χ0v) is 10.4. The maximum atomic E-state index is 11.4. The van der Waals surface area contributed by atoms with E-state index < -0.39 is 0 Å². The number of aromatic amines is 1. The summed E-state index contributed by atoms with van der Waals surface area (Å²) in [5, 5.41) is 0. The summed E-state index contributed by atoms with van der Waals surface area (Å²) in [6.45, 7) is 2.06. The Hall–Kier alpha value is -2.30. The lowest BCUT2D eigenvalue weighted by atomic mass is 10.0. The predicted octanol–water partition coefficient (Wildman–Crippen LogP) is 1.59. The molecule has 0 aliphatic carbocycles. The molecule has 0 unspecified atom stereocenters. The van der Waals surface area contributed by atoms with Crippen molar-refractivity contribution in [2.24, 2.45) is 0 Å². The summed E-state index contributed by atoms with van der Waals surface area (Å²) in [7, 11) is 1.58. The Kier molecular flexibility index (Phi) is 3.32. The Labute approximate surface area is 105 Å². The van der Waals surface area contributed by atoms with Crippen LogP contribution < -0.4 is 16.0 Å².